The monoisotopic (exact) mass is 468 g/mol. The number of benzene rings is 3. The van der Waals surface area contributed by atoms with Crippen molar-refractivity contribution < 1.29 is 24.2 Å². The van der Waals surface area contributed by atoms with Crippen LogP contribution in [0.2, 0.25) is 0 Å². The number of hydrogen-bond acceptors (Lipinski definition) is 4. The van der Waals surface area contributed by atoms with Gasteiger partial charge in [0.05, 0.1) is 0 Å². The first kappa shape index (κ1) is 23.6. The average Bonchev–Trinajstić information content (AvgIpc) is 3.20. The molecule has 0 saturated carbocycles. The number of ether oxygens (including phenoxy) is 1. The van der Waals surface area contributed by atoms with Crippen molar-refractivity contribution in [2.45, 2.75) is 24.4 Å². The molecule has 1 unspecified atom stereocenters. The second kappa shape index (κ2) is 10.6. The molecule has 1 aliphatic rings. The van der Waals surface area contributed by atoms with E-state index in [2.05, 4.69) is 16.6 Å². The van der Waals surface area contributed by atoms with E-state index in [1.54, 1.807) is 30.3 Å². The highest BCUT2D eigenvalue weighted by Crippen LogP contribution is 2.44. The summed E-state index contributed by atoms with van der Waals surface area (Å²) in [5, 5.41) is 14.3. The quantitative estimate of drug-likeness (QED) is 0.436. The number of aliphatic carboxylic acids is 1. The van der Waals surface area contributed by atoms with E-state index in [0.717, 1.165) is 22.3 Å². The van der Waals surface area contributed by atoms with E-state index in [9.17, 15) is 19.5 Å². The number of fused-ring (bicyclic) bond motifs is 3. The molecule has 35 heavy (non-hydrogen) atoms. The first-order valence-corrected chi connectivity index (χ1v) is 11.1. The SMILES string of the molecule is C#CCC(NC(=O)[C@@H](NC(=O)OCC1c2ccccc2-c2ccccc21)c1ccccc1)C(=O)O. The standard InChI is InChI=1S/C28H24N2O5/c1-2-10-24(27(32)33)29-26(31)25(18-11-4-3-5-12-18)30-28(34)35-17-23-21-15-8-6-13-19(21)20-14-7-9-16-22(20)23/h1,3-9,11-16,23-25H,10,17H2,(H,29,31)(H,30,34)(H,32,33)/t24?,25-/m0/s1. The summed E-state index contributed by atoms with van der Waals surface area (Å²) in [7, 11) is 0. The molecule has 7 heteroatoms. The van der Waals surface area contributed by atoms with Crippen LogP contribution >= 0.6 is 0 Å². The first-order valence-electron chi connectivity index (χ1n) is 11.1. The lowest BCUT2D eigenvalue weighted by atomic mass is 9.98. The number of carboxylic acids is 1. The highest BCUT2D eigenvalue weighted by atomic mass is 16.5. The molecule has 0 bridgehead atoms. The first-order chi connectivity index (χ1) is 17.0. The minimum atomic E-state index is -1.27. The summed E-state index contributed by atoms with van der Waals surface area (Å²) in [5.41, 5.74) is 4.82. The zero-order chi connectivity index (χ0) is 24.8. The Balaban J connectivity index is 1.49. The van der Waals surface area contributed by atoms with Crippen LogP contribution < -0.4 is 10.6 Å². The number of carbonyl (C=O) groups is 3. The predicted octanol–water partition coefficient (Wildman–Crippen LogP) is 3.86. The summed E-state index contributed by atoms with van der Waals surface area (Å²) >= 11 is 0. The number of rotatable bonds is 8. The lowest BCUT2D eigenvalue weighted by Crippen LogP contribution is -2.47. The van der Waals surface area contributed by atoms with Crippen molar-refractivity contribution in [2.24, 2.45) is 0 Å². The molecule has 0 fully saturated rings. The summed E-state index contributed by atoms with van der Waals surface area (Å²) in [4.78, 5) is 37.2. The van der Waals surface area contributed by atoms with Gasteiger partial charge in [-0.15, -0.1) is 12.3 Å². The number of terminal acetylenes is 1. The van der Waals surface area contributed by atoms with Gasteiger partial charge in [-0.1, -0.05) is 78.9 Å². The fraction of sp³-hybridized carbons (Fsp3) is 0.179. The van der Waals surface area contributed by atoms with Gasteiger partial charge >= 0.3 is 12.1 Å². The molecule has 4 rings (SSSR count). The van der Waals surface area contributed by atoms with Crippen molar-refractivity contribution in [1.29, 1.82) is 0 Å². The summed E-state index contributed by atoms with van der Waals surface area (Å²) in [6.45, 7) is 0.0812. The van der Waals surface area contributed by atoms with Crippen LogP contribution in [0.1, 0.15) is 35.1 Å². The summed E-state index contributed by atoms with van der Waals surface area (Å²) < 4.78 is 5.56. The van der Waals surface area contributed by atoms with E-state index in [1.165, 1.54) is 0 Å². The molecule has 3 aromatic carbocycles. The Bertz CT molecular complexity index is 1240. The third-order valence-electron chi connectivity index (χ3n) is 5.94. The molecule has 176 valence electrons. The summed E-state index contributed by atoms with van der Waals surface area (Å²) in [6.07, 6.45) is 4.24. The molecule has 0 radical (unpaired) electrons. The topological polar surface area (TPSA) is 105 Å². The van der Waals surface area contributed by atoms with Crippen molar-refractivity contribution in [3.8, 4) is 23.5 Å². The van der Waals surface area contributed by atoms with E-state index < -0.39 is 30.1 Å². The molecule has 2 atom stereocenters. The van der Waals surface area contributed by atoms with Gasteiger partial charge in [-0.3, -0.25) is 4.79 Å². The molecule has 0 aliphatic heterocycles. The molecule has 2 amide bonds. The second-order valence-electron chi connectivity index (χ2n) is 8.12. The van der Waals surface area contributed by atoms with Crippen LogP contribution in [0.15, 0.2) is 78.9 Å². The Morgan fingerprint density at radius 1 is 0.886 bits per heavy atom. The van der Waals surface area contributed by atoms with Crippen LogP contribution in [0.25, 0.3) is 11.1 Å². The van der Waals surface area contributed by atoms with Crippen molar-refractivity contribution in [2.75, 3.05) is 6.61 Å². The van der Waals surface area contributed by atoms with E-state index in [1.807, 2.05) is 48.5 Å². The number of amides is 2. The second-order valence-corrected chi connectivity index (χ2v) is 8.12. The number of carbonyl (C=O) groups excluding carboxylic acids is 2. The molecule has 0 spiro atoms. The van der Waals surface area contributed by atoms with Gasteiger partial charge in [-0.2, -0.15) is 0 Å². The van der Waals surface area contributed by atoms with Crippen molar-refractivity contribution >= 4 is 18.0 Å². The Morgan fingerprint density at radius 3 is 2.03 bits per heavy atom. The van der Waals surface area contributed by atoms with Gasteiger partial charge in [-0.05, 0) is 27.8 Å². The smallest absolute Gasteiger partial charge is 0.408 e. The molecule has 1 aliphatic carbocycles. The Kier molecular flexibility index (Phi) is 7.12. The number of hydrogen-bond donors (Lipinski definition) is 3. The molecular weight excluding hydrogens is 444 g/mol. The third kappa shape index (κ3) is 5.17. The summed E-state index contributed by atoms with van der Waals surface area (Å²) in [6, 6.07) is 22.0. The molecule has 7 nitrogen and oxygen atoms in total. The molecule has 3 N–H and O–H groups in total. The Hall–Kier alpha value is -4.57. The highest BCUT2D eigenvalue weighted by Gasteiger charge is 2.31. The van der Waals surface area contributed by atoms with Gasteiger partial charge in [0.15, 0.2) is 0 Å². The van der Waals surface area contributed by atoms with E-state index in [4.69, 9.17) is 11.2 Å². The van der Waals surface area contributed by atoms with E-state index in [0.29, 0.717) is 5.56 Å². The highest BCUT2D eigenvalue weighted by molar-refractivity contribution is 5.90. The lowest BCUT2D eigenvalue weighted by Gasteiger charge is -2.21. The van der Waals surface area contributed by atoms with E-state index in [-0.39, 0.29) is 18.9 Å². The van der Waals surface area contributed by atoms with Crippen LogP contribution in [-0.4, -0.2) is 35.7 Å². The van der Waals surface area contributed by atoms with Gasteiger partial charge in [0, 0.05) is 12.3 Å². The van der Waals surface area contributed by atoms with Gasteiger partial charge in [0.25, 0.3) is 0 Å². The lowest BCUT2D eigenvalue weighted by molar-refractivity contribution is -0.142. The fourth-order valence-corrected chi connectivity index (χ4v) is 4.28. The van der Waals surface area contributed by atoms with Crippen molar-refractivity contribution in [3.05, 3.63) is 95.6 Å². The van der Waals surface area contributed by atoms with Crippen LogP contribution in [-0.2, 0) is 14.3 Å². The maximum atomic E-state index is 12.9. The van der Waals surface area contributed by atoms with Crippen molar-refractivity contribution in [1.82, 2.24) is 10.6 Å². The van der Waals surface area contributed by atoms with Gasteiger partial charge < -0.3 is 20.5 Å². The molecule has 0 aromatic heterocycles. The normalized spacial score (nSPS) is 13.5. The van der Waals surface area contributed by atoms with Gasteiger partial charge in [-0.25, -0.2) is 9.59 Å². The number of alkyl carbamates (subject to hydrolysis) is 1. The Labute approximate surface area is 203 Å². The van der Waals surface area contributed by atoms with Gasteiger partial charge in [0.1, 0.15) is 18.7 Å². The number of carboxylic acid groups (broad SMARTS) is 1. The zero-order valence-corrected chi connectivity index (χ0v) is 18.8. The largest absolute Gasteiger partial charge is 0.480 e. The average molecular weight is 469 g/mol. The van der Waals surface area contributed by atoms with Gasteiger partial charge in [0.2, 0.25) is 5.91 Å². The number of nitrogens with one attached hydrogen (secondary N) is 2. The molecule has 3 aromatic rings. The third-order valence-corrected chi connectivity index (χ3v) is 5.94. The van der Waals surface area contributed by atoms with Crippen molar-refractivity contribution in [3.63, 3.8) is 0 Å². The minimum Gasteiger partial charge on any atom is -0.480 e. The maximum Gasteiger partial charge on any atom is 0.408 e. The van der Waals surface area contributed by atoms with E-state index >= 15 is 0 Å². The van der Waals surface area contributed by atoms with Crippen LogP contribution in [0.3, 0.4) is 0 Å². The minimum absolute atomic E-state index is 0.0812. The molecular formula is C28H24N2O5. The molecule has 0 heterocycles. The Morgan fingerprint density at radius 2 is 1.46 bits per heavy atom. The van der Waals surface area contributed by atoms with Crippen LogP contribution in [0, 0.1) is 12.3 Å². The van der Waals surface area contributed by atoms with Crippen LogP contribution in [0.4, 0.5) is 4.79 Å². The van der Waals surface area contributed by atoms with Crippen LogP contribution in [0.5, 0.6) is 0 Å². The maximum absolute atomic E-state index is 12.9. The predicted molar refractivity (Wildman–Crippen MR) is 130 cm³/mol. The molecule has 0 saturated heterocycles. The summed E-state index contributed by atoms with van der Waals surface area (Å²) in [5.74, 6) is 0.138. The fourth-order valence-electron chi connectivity index (χ4n) is 4.28. The zero-order valence-electron chi connectivity index (χ0n) is 18.8.